The van der Waals surface area contributed by atoms with Crippen LogP contribution in [0.2, 0.25) is 0 Å². The zero-order valence-electron chi connectivity index (χ0n) is 9.23. The number of halogens is 2. The second kappa shape index (κ2) is 3.76. The van der Waals surface area contributed by atoms with Crippen molar-refractivity contribution in [3.63, 3.8) is 0 Å². The van der Waals surface area contributed by atoms with E-state index in [0.29, 0.717) is 0 Å². The number of aryl methyl sites for hydroxylation is 1. The molecule has 1 aliphatic rings. The second-order valence-electron chi connectivity index (χ2n) is 4.46. The van der Waals surface area contributed by atoms with Gasteiger partial charge in [0.05, 0.1) is 5.41 Å². The summed E-state index contributed by atoms with van der Waals surface area (Å²) in [5, 5.41) is 12.9. The average Bonchev–Trinajstić information content (AvgIpc) is 2.54. The fourth-order valence-corrected chi connectivity index (χ4v) is 2.38. The van der Waals surface area contributed by atoms with Gasteiger partial charge in [-0.05, 0) is 12.8 Å². The van der Waals surface area contributed by atoms with Crippen LogP contribution in [0.5, 0.6) is 0 Å². The van der Waals surface area contributed by atoms with Gasteiger partial charge in [0.25, 0.3) is 6.43 Å². The number of carbonyl (C=O) groups is 1. The quantitative estimate of drug-likeness (QED) is 0.825. The van der Waals surface area contributed by atoms with Gasteiger partial charge in [-0.25, -0.2) is 8.78 Å². The number of hydrogen-bond donors (Lipinski definition) is 2. The van der Waals surface area contributed by atoms with Gasteiger partial charge >= 0.3 is 5.97 Å². The molecule has 1 fully saturated rings. The van der Waals surface area contributed by atoms with E-state index in [-0.39, 0.29) is 24.4 Å². The molecule has 1 aromatic heterocycles. The summed E-state index contributed by atoms with van der Waals surface area (Å²) in [4.78, 5) is 11.3. The van der Waals surface area contributed by atoms with Crippen LogP contribution >= 0.6 is 0 Å². The van der Waals surface area contributed by atoms with Crippen LogP contribution in [-0.4, -0.2) is 26.9 Å². The van der Waals surface area contributed by atoms with E-state index in [2.05, 4.69) is 5.10 Å². The van der Waals surface area contributed by atoms with Crippen molar-refractivity contribution in [1.29, 1.82) is 0 Å². The molecule has 17 heavy (non-hydrogen) atoms. The summed E-state index contributed by atoms with van der Waals surface area (Å²) < 4.78 is 26.8. The van der Waals surface area contributed by atoms with Gasteiger partial charge in [-0.1, -0.05) is 0 Å². The molecule has 1 aliphatic carbocycles. The highest BCUT2D eigenvalue weighted by Crippen LogP contribution is 2.46. The fraction of sp³-hybridized carbons (Fsp3) is 0.600. The summed E-state index contributed by atoms with van der Waals surface area (Å²) in [5.41, 5.74) is 3.92. The topological polar surface area (TPSA) is 81.1 Å². The molecule has 0 radical (unpaired) electrons. The van der Waals surface area contributed by atoms with Crippen LogP contribution < -0.4 is 5.73 Å². The van der Waals surface area contributed by atoms with E-state index in [1.807, 2.05) is 0 Å². The highest BCUT2D eigenvalue weighted by molar-refractivity contribution is 5.83. The van der Waals surface area contributed by atoms with Gasteiger partial charge in [-0.3, -0.25) is 9.48 Å². The van der Waals surface area contributed by atoms with Crippen LogP contribution in [0.15, 0.2) is 6.20 Å². The summed E-state index contributed by atoms with van der Waals surface area (Å²) in [7, 11) is 1.49. The number of carboxylic acids is 1. The Bertz CT molecular complexity index is 452. The van der Waals surface area contributed by atoms with Crippen molar-refractivity contribution in [3.8, 4) is 0 Å². The normalized spacial score (nSPS) is 28.2. The zero-order chi connectivity index (χ0) is 12.8. The minimum Gasteiger partial charge on any atom is -0.481 e. The van der Waals surface area contributed by atoms with Crippen molar-refractivity contribution in [3.05, 3.63) is 17.5 Å². The molecule has 0 bridgehead atoms. The molecular formula is C10H13F2N3O2. The van der Waals surface area contributed by atoms with E-state index in [4.69, 9.17) is 5.73 Å². The molecule has 2 rings (SSSR count). The maximum absolute atomic E-state index is 12.8. The third-order valence-corrected chi connectivity index (χ3v) is 3.21. The zero-order valence-corrected chi connectivity index (χ0v) is 9.23. The molecule has 0 saturated heterocycles. The Morgan fingerprint density at radius 3 is 2.71 bits per heavy atom. The molecule has 3 N–H and O–H groups in total. The van der Waals surface area contributed by atoms with E-state index < -0.39 is 23.5 Å². The predicted molar refractivity (Wildman–Crippen MR) is 54.7 cm³/mol. The van der Waals surface area contributed by atoms with Crippen molar-refractivity contribution in [2.75, 3.05) is 0 Å². The first-order valence-corrected chi connectivity index (χ1v) is 5.18. The first-order valence-electron chi connectivity index (χ1n) is 5.18. The summed E-state index contributed by atoms with van der Waals surface area (Å²) in [6.07, 6.45) is -1.08. The van der Waals surface area contributed by atoms with Gasteiger partial charge in [0.15, 0.2) is 0 Å². The lowest BCUT2D eigenvalue weighted by Gasteiger charge is -2.42. The molecule has 1 aromatic rings. The van der Waals surface area contributed by atoms with Crippen LogP contribution in [0.4, 0.5) is 8.78 Å². The average molecular weight is 245 g/mol. The smallest absolute Gasteiger partial charge is 0.314 e. The monoisotopic (exact) mass is 245 g/mol. The molecule has 0 amide bonds. The number of nitrogens with zero attached hydrogens (tertiary/aromatic N) is 2. The van der Waals surface area contributed by atoms with Crippen LogP contribution in [0.3, 0.4) is 0 Å². The Labute approximate surface area is 96.2 Å². The molecular weight excluding hydrogens is 232 g/mol. The van der Waals surface area contributed by atoms with Gasteiger partial charge in [-0.2, -0.15) is 5.10 Å². The maximum Gasteiger partial charge on any atom is 0.314 e. The van der Waals surface area contributed by atoms with Gasteiger partial charge in [-0.15, -0.1) is 0 Å². The molecule has 0 unspecified atom stereocenters. The van der Waals surface area contributed by atoms with Crippen LogP contribution in [0, 0.1) is 0 Å². The lowest BCUT2D eigenvalue weighted by molar-refractivity contribution is -0.148. The lowest BCUT2D eigenvalue weighted by Crippen LogP contribution is -2.54. The Kier molecular flexibility index (Phi) is 2.65. The molecule has 0 atom stereocenters. The predicted octanol–water partition coefficient (Wildman–Crippen LogP) is 0.801. The molecule has 5 nitrogen and oxygen atoms in total. The molecule has 0 aliphatic heterocycles. The van der Waals surface area contributed by atoms with E-state index in [1.54, 1.807) is 0 Å². The highest BCUT2D eigenvalue weighted by atomic mass is 19.3. The van der Waals surface area contributed by atoms with Crippen LogP contribution in [-0.2, 0) is 17.3 Å². The SMILES string of the molecule is Cn1cc(C2(C(=O)O)CC(N)C2)c(C(F)F)n1. The third-order valence-electron chi connectivity index (χ3n) is 3.21. The number of alkyl halides is 2. The number of aliphatic carboxylic acids is 1. The number of carboxylic acid groups (broad SMARTS) is 1. The van der Waals surface area contributed by atoms with E-state index in [1.165, 1.54) is 17.9 Å². The molecule has 1 heterocycles. The second-order valence-corrected chi connectivity index (χ2v) is 4.46. The fourth-order valence-electron chi connectivity index (χ4n) is 2.38. The first kappa shape index (κ1) is 12.0. The summed E-state index contributed by atoms with van der Waals surface area (Å²) >= 11 is 0. The number of aromatic nitrogens is 2. The first-order chi connectivity index (χ1) is 7.86. The Balaban J connectivity index is 2.48. The van der Waals surface area contributed by atoms with E-state index >= 15 is 0 Å². The van der Waals surface area contributed by atoms with Crippen molar-refractivity contribution in [2.45, 2.75) is 30.7 Å². The number of rotatable bonds is 3. The summed E-state index contributed by atoms with van der Waals surface area (Å²) in [5.74, 6) is -1.12. The number of hydrogen-bond acceptors (Lipinski definition) is 3. The van der Waals surface area contributed by atoms with E-state index in [0.717, 1.165) is 0 Å². The molecule has 0 spiro atoms. The third kappa shape index (κ3) is 1.70. The highest BCUT2D eigenvalue weighted by Gasteiger charge is 2.53. The Morgan fingerprint density at radius 1 is 1.71 bits per heavy atom. The largest absolute Gasteiger partial charge is 0.481 e. The van der Waals surface area contributed by atoms with Crippen molar-refractivity contribution in [2.24, 2.45) is 12.8 Å². The minimum atomic E-state index is -2.78. The van der Waals surface area contributed by atoms with Crippen molar-refractivity contribution >= 4 is 5.97 Å². The van der Waals surface area contributed by atoms with Crippen LogP contribution in [0.25, 0.3) is 0 Å². The number of nitrogens with two attached hydrogens (primary N) is 1. The van der Waals surface area contributed by atoms with Crippen LogP contribution in [0.1, 0.15) is 30.5 Å². The lowest BCUT2D eigenvalue weighted by atomic mass is 9.62. The minimum absolute atomic E-state index is 0.0872. The maximum atomic E-state index is 12.8. The van der Waals surface area contributed by atoms with Crippen molar-refractivity contribution < 1.29 is 18.7 Å². The summed E-state index contributed by atoms with van der Waals surface area (Å²) in [6, 6.07) is -0.253. The Hall–Kier alpha value is -1.50. The van der Waals surface area contributed by atoms with E-state index in [9.17, 15) is 18.7 Å². The van der Waals surface area contributed by atoms with Gasteiger partial charge < -0.3 is 10.8 Å². The van der Waals surface area contributed by atoms with Crippen molar-refractivity contribution in [1.82, 2.24) is 9.78 Å². The molecule has 7 heteroatoms. The molecule has 94 valence electrons. The van der Waals surface area contributed by atoms with Gasteiger partial charge in [0.2, 0.25) is 0 Å². The van der Waals surface area contributed by atoms with Gasteiger partial charge in [0, 0.05) is 24.8 Å². The molecule has 1 saturated carbocycles. The summed E-state index contributed by atoms with van der Waals surface area (Å²) in [6.45, 7) is 0. The molecule has 0 aromatic carbocycles. The standard InChI is InChI=1S/C10H13F2N3O2/c1-15-4-6(7(14-15)8(11)12)10(9(16)17)2-5(13)3-10/h4-5,8H,2-3,13H2,1H3,(H,16,17). The van der Waals surface area contributed by atoms with Gasteiger partial charge in [0.1, 0.15) is 5.69 Å². The Morgan fingerprint density at radius 2 is 2.29 bits per heavy atom.